The van der Waals surface area contributed by atoms with Crippen LogP contribution in [0.15, 0.2) is 42.5 Å². The van der Waals surface area contributed by atoms with Crippen LogP contribution in [0.4, 0.5) is 5.69 Å². The Morgan fingerprint density at radius 1 is 1.00 bits per heavy atom. The van der Waals surface area contributed by atoms with E-state index in [2.05, 4.69) is 34.5 Å². The summed E-state index contributed by atoms with van der Waals surface area (Å²) in [4.78, 5) is 2.59. The van der Waals surface area contributed by atoms with Gasteiger partial charge >= 0.3 is 0 Å². The Bertz CT molecular complexity index is 924. The lowest BCUT2D eigenvalue weighted by molar-refractivity contribution is 0.0114. The number of piperidine rings is 1. The maximum absolute atomic E-state index is 10.1. The predicted molar refractivity (Wildman–Crippen MR) is 120 cm³/mol. The predicted octanol–water partition coefficient (Wildman–Crippen LogP) is 4.67. The summed E-state index contributed by atoms with van der Waals surface area (Å²) in [5, 5.41) is 13.6. The van der Waals surface area contributed by atoms with Gasteiger partial charge in [0.15, 0.2) is 0 Å². The third kappa shape index (κ3) is 3.17. The fraction of sp³-hybridized carbons (Fsp3) is 0.538. The lowest BCUT2D eigenvalue weighted by atomic mass is 9.75. The molecule has 4 nitrogen and oxygen atoms in total. The van der Waals surface area contributed by atoms with Gasteiger partial charge in [-0.15, -0.1) is 0 Å². The number of anilines is 1. The van der Waals surface area contributed by atoms with Gasteiger partial charge in [0.05, 0.1) is 0 Å². The molecule has 3 atom stereocenters. The molecule has 3 heterocycles. The van der Waals surface area contributed by atoms with Crippen LogP contribution in [0.1, 0.15) is 55.6 Å². The summed E-state index contributed by atoms with van der Waals surface area (Å²) in [5.74, 6) is 3.45. The molecule has 30 heavy (non-hydrogen) atoms. The van der Waals surface area contributed by atoms with Crippen molar-refractivity contribution in [2.75, 3.05) is 31.1 Å². The van der Waals surface area contributed by atoms with Gasteiger partial charge in [0.25, 0.3) is 0 Å². The smallest absolute Gasteiger partial charge is 0.126 e. The number of phenolic OH excluding ortho intramolecular Hbond substituents is 1. The lowest BCUT2D eigenvalue weighted by Crippen LogP contribution is -2.49. The van der Waals surface area contributed by atoms with Crippen molar-refractivity contribution in [3.63, 3.8) is 0 Å². The third-order valence-electron chi connectivity index (χ3n) is 8.15. The second-order valence-electron chi connectivity index (χ2n) is 9.96. The monoisotopic (exact) mass is 404 g/mol. The molecule has 2 aromatic rings. The standard InChI is InChI=1S/C26H32N2O2/c29-22-6-2-3-18(13-22)24-15-26(9-11-27-12-10-26)30-25-14-21(7-8-23(24)25)28-16-19-4-1-5-20(19)17-28/h2-3,6-8,13-14,19-20,24,27,29H,1,4-5,9-12,15-17H2. The van der Waals surface area contributed by atoms with Crippen LogP contribution in [0.25, 0.3) is 0 Å². The number of hydrogen-bond acceptors (Lipinski definition) is 4. The first kappa shape index (κ1) is 18.6. The molecule has 4 aliphatic rings. The molecule has 0 radical (unpaired) electrons. The molecule has 4 heteroatoms. The third-order valence-corrected chi connectivity index (χ3v) is 8.15. The van der Waals surface area contributed by atoms with Crippen LogP contribution in [-0.2, 0) is 0 Å². The topological polar surface area (TPSA) is 44.7 Å². The Morgan fingerprint density at radius 2 is 1.80 bits per heavy atom. The number of fused-ring (bicyclic) bond motifs is 2. The Hall–Kier alpha value is -2.20. The summed E-state index contributed by atoms with van der Waals surface area (Å²) in [7, 11) is 0. The molecule has 0 bridgehead atoms. The molecule has 2 saturated heterocycles. The SMILES string of the molecule is Oc1cccc(C2CC3(CCNCC3)Oc3cc(N4CC5CCCC5C4)ccc32)c1. The normalized spacial score (nSPS) is 29.5. The van der Waals surface area contributed by atoms with Gasteiger partial charge in [-0.1, -0.05) is 24.6 Å². The zero-order valence-electron chi connectivity index (χ0n) is 17.6. The van der Waals surface area contributed by atoms with E-state index in [1.165, 1.54) is 49.2 Å². The molecule has 158 valence electrons. The Morgan fingerprint density at radius 3 is 2.57 bits per heavy atom. The van der Waals surface area contributed by atoms with Crippen LogP contribution in [0.5, 0.6) is 11.5 Å². The van der Waals surface area contributed by atoms with Crippen molar-refractivity contribution in [1.29, 1.82) is 0 Å². The van der Waals surface area contributed by atoms with E-state index in [0.717, 1.165) is 49.9 Å². The van der Waals surface area contributed by atoms with Crippen molar-refractivity contribution in [3.05, 3.63) is 53.6 Å². The largest absolute Gasteiger partial charge is 0.508 e. The minimum absolute atomic E-state index is 0.103. The molecule has 0 aromatic heterocycles. The van der Waals surface area contributed by atoms with E-state index in [9.17, 15) is 5.11 Å². The average molecular weight is 405 g/mol. The van der Waals surface area contributed by atoms with E-state index in [4.69, 9.17) is 4.74 Å². The van der Waals surface area contributed by atoms with Crippen LogP contribution in [0, 0.1) is 11.8 Å². The van der Waals surface area contributed by atoms with Gasteiger partial charge in [-0.2, -0.15) is 0 Å². The Kier molecular flexibility index (Phi) is 4.45. The van der Waals surface area contributed by atoms with Gasteiger partial charge in [0, 0.05) is 36.3 Å². The maximum atomic E-state index is 10.1. The highest BCUT2D eigenvalue weighted by Gasteiger charge is 2.43. The van der Waals surface area contributed by atoms with E-state index in [0.29, 0.717) is 5.75 Å². The van der Waals surface area contributed by atoms with Crippen LogP contribution >= 0.6 is 0 Å². The van der Waals surface area contributed by atoms with Crippen molar-refractivity contribution in [1.82, 2.24) is 5.32 Å². The zero-order valence-corrected chi connectivity index (χ0v) is 17.6. The maximum Gasteiger partial charge on any atom is 0.126 e. The molecule has 3 unspecified atom stereocenters. The number of benzene rings is 2. The molecule has 6 rings (SSSR count). The van der Waals surface area contributed by atoms with Gasteiger partial charge < -0.3 is 20.1 Å². The molecule has 3 fully saturated rings. The van der Waals surface area contributed by atoms with Crippen LogP contribution < -0.4 is 15.0 Å². The van der Waals surface area contributed by atoms with Gasteiger partial charge in [-0.05, 0) is 80.8 Å². The highest BCUT2D eigenvalue weighted by molar-refractivity contribution is 5.58. The van der Waals surface area contributed by atoms with E-state index in [-0.39, 0.29) is 11.5 Å². The van der Waals surface area contributed by atoms with Crippen molar-refractivity contribution < 1.29 is 9.84 Å². The van der Waals surface area contributed by atoms with E-state index >= 15 is 0 Å². The zero-order chi connectivity index (χ0) is 20.1. The van der Waals surface area contributed by atoms with Crippen LogP contribution in [-0.4, -0.2) is 36.9 Å². The summed E-state index contributed by atoms with van der Waals surface area (Å²) in [5.41, 5.74) is 3.69. The first-order valence-electron chi connectivity index (χ1n) is 11.8. The fourth-order valence-electron chi connectivity index (χ4n) is 6.53. The second kappa shape index (κ2) is 7.19. The summed E-state index contributed by atoms with van der Waals surface area (Å²) in [6.07, 6.45) is 7.28. The number of ether oxygens (including phenoxy) is 1. The number of nitrogens with zero attached hydrogens (tertiary/aromatic N) is 1. The van der Waals surface area contributed by atoms with Crippen LogP contribution in [0.3, 0.4) is 0 Å². The molecule has 1 saturated carbocycles. The molecule has 0 amide bonds. The highest BCUT2D eigenvalue weighted by Crippen LogP contribution is 2.49. The molecule has 1 spiro atoms. The quantitative estimate of drug-likeness (QED) is 0.764. The Balaban J connectivity index is 1.37. The fourth-order valence-corrected chi connectivity index (χ4v) is 6.53. The van der Waals surface area contributed by atoms with Gasteiger partial charge in [0.1, 0.15) is 17.1 Å². The first-order chi connectivity index (χ1) is 14.7. The number of hydrogen-bond donors (Lipinski definition) is 2. The van der Waals surface area contributed by atoms with E-state index in [1.807, 2.05) is 12.1 Å². The van der Waals surface area contributed by atoms with Gasteiger partial charge in [0.2, 0.25) is 0 Å². The van der Waals surface area contributed by atoms with E-state index in [1.54, 1.807) is 6.07 Å². The summed E-state index contributed by atoms with van der Waals surface area (Å²) < 4.78 is 6.81. The van der Waals surface area contributed by atoms with Gasteiger partial charge in [-0.25, -0.2) is 0 Å². The Labute approximate surface area is 179 Å². The average Bonchev–Trinajstić information content (AvgIpc) is 3.36. The molecular formula is C26H32N2O2. The molecule has 2 N–H and O–H groups in total. The summed E-state index contributed by atoms with van der Waals surface area (Å²) >= 11 is 0. The number of nitrogens with one attached hydrogen (secondary N) is 1. The highest BCUT2D eigenvalue weighted by atomic mass is 16.5. The minimum Gasteiger partial charge on any atom is -0.508 e. The molecule has 1 aliphatic carbocycles. The number of rotatable bonds is 2. The lowest BCUT2D eigenvalue weighted by Gasteiger charge is -2.45. The van der Waals surface area contributed by atoms with E-state index < -0.39 is 0 Å². The van der Waals surface area contributed by atoms with Crippen molar-refractivity contribution in [2.45, 2.75) is 50.0 Å². The second-order valence-corrected chi connectivity index (χ2v) is 9.96. The molecule has 2 aromatic carbocycles. The molecule has 3 aliphatic heterocycles. The van der Waals surface area contributed by atoms with Gasteiger partial charge in [-0.3, -0.25) is 0 Å². The summed E-state index contributed by atoms with van der Waals surface area (Å²) in [6, 6.07) is 14.7. The summed E-state index contributed by atoms with van der Waals surface area (Å²) in [6.45, 7) is 4.43. The first-order valence-corrected chi connectivity index (χ1v) is 11.8. The minimum atomic E-state index is -0.103. The van der Waals surface area contributed by atoms with Crippen molar-refractivity contribution >= 4 is 5.69 Å². The van der Waals surface area contributed by atoms with Crippen LogP contribution in [0.2, 0.25) is 0 Å². The van der Waals surface area contributed by atoms with Crippen molar-refractivity contribution in [2.24, 2.45) is 11.8 Å². The number of phenols is 1. The number of aromatic hydroxyl groups is 1. The van der Waals surface area contributed by atoms with Crippen molar-refractivity contribution in [3.8, 4) is 11.5 Å². The molecular weight excluding hydrogens is 372 g/mol.